The van der Waals surface area contributed by atoms with Gasteiger partial charge in [0.2, 0.25) is 0 Å². The predicted octanol–water partition coefficient (Wildman–Crippen LogP) is -0.283. The normalized spacial score (nSPS) is 9.67. The van der Waals surface area contributed by atoms with Crippen molar-refractivity contribution in [3.8, 4) is 0 Å². The SMILES string of the molecule is OB(O)c1ccc(S)s1. The van der Waals surface area contributed by atoms with Gasteiger partial charge in [-0.1, -0.05) is 6.07 Å². The van der Waals surface area contributed by atoms with Gasteiger partial charge < -0.3 is 10.0 Å². The molecule has 0 atom stereocenters. The van der Waals surface area contributed by atoms with E-state index in [0.29, 0.717) is 4.78 Å². The first kappa shape index (κ1) is 7.15. The van der Waals surface area contributed by atoms with Gasteiger partial charge in [0.25, 0.3) is 0 Å². The summed E-state index contributed by atoms with van der Waals surface area (Å²) < 4.78 is 1.32. The minimum Gasteiger partial charge on any atom is -0.423 e. The van der Waals surface area contributed by atoms with Crippen molar-refractivity contribution >= 4 is 35.9 Å². The zero-order chi connectivity index (χ0) is 6.85. The molecular weight excluding hydrogens is 155 g/mol. The molecule has 0 amide bonds. The van der Waals surface area contributed by atoms with E-state index in [9.17, 15) is 0 Å². The van der Waals surface area contributed by atoms with Gasteiger partial charge in [-0.3, -0.25) is 0 Å². The van der Waals surface area contributed by atoms with Crippen molar-refractivity contribution in [1.82, 2.24) is 0 Å². The number of rotatable bonds is 1. The Labute approximate surface area is 62.7 Å². The number of hydrogen-bond donors (Lipinski definition) is 3. The third kappa shape index (κ3) is 1.72. The first-order valence-electron chi connectivity index (χ1n) is 2.35. The molecule has 1 aromatic heterocycles. The van der Waals surface area contributed by atoms with Gasteiger partial charge in [-0.2, -0.15) is 0 Å². The van der Waals surface area contributed by atoms with Gasteiger partial charge in [0.05, 0.1) is 4.21 Å². The summed E-state index contributed by atoms with van der Waals surface area (Å²) in [6.45, 7) is 0. The summed E-state index contributed by atoms with van der Waals surface area (Å²) in [5, 5.41) is 17.1. The van der Waals surface area contributed by atoms with E-state index in [2.05, 4.69) is 12.6 Å². The Morgan fingerprint density at radius 2 is 2.11 bits per heavy atom. The molecule has 5 heteroatoms. The van der Waals surface area contributed by atoms with Crippen LogP contribution >= 0.6 is 24.0 Å². The molecule has 0 unspecified atom stereocenters. The van der Waals surface area contributed by atoms with Gasteiger partial charge in [-0.15, -0.1) is 24.0 Å². The Hall–Kier alpha value is 0.0349. The van der Waals surface area contributed by atoms with Crippen LogP contribution in [0.2, 0.25) is 0 Å². The molecule has 0 aromatic carbocycles. The van der Waals surface area contributed by atoms with Crippen molar-refractivity contribution in [3.05, 3.63) is 12.1 Å². The van der Waals surface area contributed by atoms with E-state index in [1.54, 1.807) is 12.1 Å². The quantitative estimate of drug-likeness (QED) is 0.390. The zero-order valence-electron chi connectivity index (χ0n) is 4.48. The van der Waals surface area contributed by atoms with E-state index in [0.717, 1.165) is 4.21 Å². The zero-order valence-corrected chi connectivity index (χ0v) is 6.19. The van der Waals surface area contributed by atoms with Gasteiger partial charge in [-0.25, -0.2) is 0 Å². The van der Waals surface area contributed by atoms with Crippen LogP contribution in [-0.2, 0) is 0 Å². The average molecular weight is 160 g/mol. The third-order valence-electron chi connectivity index (χ3n) is 0.867. The van der Waals surface area contributed by atoms with E-state index in [1.165, 1.54) is 11.3 Å². The van der Waals surface area contributed by atoms with Crippen LogP contribution in [0.4, 0.5) is 0 Å². The third-order valence-corrected chi connectivity index (χ3v) is 2.22. The Morgan fingerprint density at radius 1 is 1.44 bits per heavy atom. The largest absolute Gasteiger partial charge is 0.499 e. The summed E-state index contributed by atoms with van der Waals surface area (Å²) in [5.74, 6) is 0. The topological polar surface area (TPSA) is 40.5 Å². The van der Waals surface area contributed by atoms with Gasteiger partial charge >= 0.3 is 7.12 Å². The van der Waals surface area contributed by atoms with Crippen molar-refractivity contribution in [3.63, 3.8) is 0 Å². The highest BCUT2D eigenvalue weighted by Crippen LogP contribution is 2.10. The van der Waals surface area contributed by atoms with Crippen LogP contribution in [0.15, 0.2) is 16.3 Å². The minimum atomic E-state index is -1.35. The standard InChI is InChI=1S/C4H5BO2S2/c6-5(7)3-1-2-4(8)9-3/h1-2,6-8H. The average Bonchev–Trinajstić information content (AvgIpc) is 2.14. The molecule has 0 aliphatic heterocycles. The Morgan fingerprint density at radius 3 is 2.33 bits per heavy atom. The predicted molar refractivity (Wildman–Crippen MR) is 41.4 cm³/mol. The maximum absolute atomic E-state index is 8.57. The van der Waals surface area contributed by atoms with Crippen molar-refractivity contribution < 1.29 is 10.0 Å². The van der Waals surface area contributed by atoms with Gasteiger partial charge in [0, 0.05) is 4.78 Å². The fraction of sp³-hybridized carbons (Fsp3) is 0. The van der Waals surface area contributed by atoms with Crippen molar-refractivity contribution in [2.75, 3.05) is 0 Å². The summed E-state index contributed by atoms with van der Waals surface area (Å²) >= 11 is 5.26. The Bertz CT molecular complexity index is 198. The molecule has 0 aliphatic rings. The first-order chi connectivity index (χ1) is 4.20. The van der Waals surface area contributed by atoms with Crippen molar-refractivity contribution in [1.29, 1.82) is 0 Å². The van der Waals surface area contributed by atoms with E-state index in [4.69, 9.17) is 10.0 Å². The van der Waals surface area contributed by atoms with Gasteiger partial charge in [0.15, 0.2) is 0 Å². The lowest BCUT2D eigenvalue weighted by Crippen LogP contribution is -2.26. The van der Waals surface area contributed by atoms with Crippen molar-refractivity contribution in [2.45, 2.75) is 4.21 Å². The second-order valence-corrected chi connectivity index (χ2v) is 3.45. The van der Waals surface area contributed by atoms with Crippen LogP contribution in [0.3, 0.4) is 0 Å². The second kappa shape index (κ2) is 2.75. The fourth-order valence-electron chi connectivity index (χ4n) is 0.481. The molecule has 1 aromatic rings. The molecule has 0 aliphatic carbocycles. The van der Waals surface area contributed by atoms with Crippen LogP contribution < -0.4 is 4.78 Å². The lowest BCUT2D eigenvalue weighted by molar-refractivity contribution is 0.427. The van der Waals surface area contributed by atoms with Crippen LogP contribution in [0.1, 0.15) is 0 Å². The lowest BCUT2D eigenvalue weighted by Gasteiger charge is -1.87. The maximum atomic E-state index is 8.57. The molecule has 0 radical (unpaired) electrons. The molecule has 0 saturated heterocycles. The number of thiophene rings is 1. The summed E-state index contributed by atoms with van der Waals surface area (Å²) in [6.07, 6.45) is 0. The minimum absolute atomic E-state index is 0.528. The van der Waals surface area contributed by atoms with Gasteiger partial charge in [-0.05, 0) is 6.07 Å². The van der Waals surface area contributed by atoms with Crippen molar-refractivity contribution in [2.24, 2.45) is 0 Å². The van der Waals surface area contributed by atoms with Gasteiger partial charge in [0.1, 0.15) is 0 Å². The molecule has 1 rings (SSSR count). The lowest BCUT2D eigenvalue weighted by atomic mass is 9.90. The molecule has 48 valence electrons. The fourth-order valence-corrected chi connectivity index (χ4v) is 1.49. The molecule has 2 nitrogen and oxygen atoms in total. The Kier molecular flexibility index (Phi) is 2.18. The summed E-state index contributed by atoms with van der Waals surface area (Å²) in [6, 6.07) is 3.36. The summed E-state index contributed by atoms with van der Waals surface area (Å²) in [5.41, 5.74) is 0. The first-order valence-corrected chi connectivity index (χ1v) is 3.61. The van der Waals surface area contributed by atoms with Crippen LogP contribution in [0.25, 0.3) is 0 Å². The summed E-state index contributed by atoms with van der Waals surface area (Å²) in [7, 11) is -1.35. The molecular formula is C4H5BO2S2. The smallest absolute Gasteiger partial charge is 0.423 e. The molecule has 0 fully saturated rings. The number of thiol groups is 1. The number of hydrogen-bond acceptors (Lipinski definition) is 4. The second-order valence-electron chi connectivity index (χ2n) is 1.55. The molecule has 0 saturated carbocycles. The van der Waals surface area contributed by atoms with Crippen LogP contribution in [0, 0.1) is 0 Å². The molecule has 9 heavy (non-hydrogen) atoms. The molecule has 0 spiro atoms. The molecule has 1 heterocycles. The Balaban J connectivity index is 2.85. The highest BCUT2D eigenvalue weighted by atomic mass is 32.2. The van der Waals surface area contributed by atoms with Crippen LogP contribution in [0.5, 0.6) is 0 Å². The molecule has 0 bridgehead atoms. The maximum Gasteiger partial charge on any atom is 0.499 e. The van der Waals surface area contributed by atoms with E-state index in [-0.39, 0.29) is 0 Å². The van der Waals surface area contributed by atoms with Crippen LogP contribution in [-0.4, -0.2) is 17.2 Å². The van der Waals surface area contributed by atoms with E-state index >= 15 is 0 Å². The molecule has 2 N–H and O–H groups in total. The highest BCUT2D eigenvalue weighted by molar-refractivity contribution is 7.83. The monoisotopic (exact) mass is 160 g/mol. The van der Waals surface area contributed by atoms with E-state index in [1.807, 2.05) is 0 Å². The highest BCUT2D eigenvalue weighted by Gasteiger charge is 2.11. The van der Waals surface area contributed by atoms with E-state index < -0.39 is 7.12 Å². The summed E-state index contributed by atoms with van der Waals surface area (Å²) in [4.78, 5) is 0.